The molecule has 0 bridgehead atoms. The van der Waals surface area contributed by atoms with Crippen LogP contribution >= 0.6 is 0 Å². The minimum Gasteiger partial charge on any atom is -0.455 e. The maximum absolute atomic E-state index is 10.6. The number of carbonyl (C=O) groups is 1. The smallest absolute Gasteiger partial charge is 0.338 e. The zero-order chi connectivity index (χ0) is 9.30. The molecule has 1 rings (SSSR count). The number of ether oxygens (including phenoxy) is 1. The van der Waals surface area contributed by atoms with Gasteiger partial charge in [0.2, 0.25) is 0 Å². The van der Waals surface area contributed by atoms with Crippen molar-refractivity contribution in [2.75, 3.05) is 6.61 Å². The van der Waals surface area contributed by atoms with E-state index in [-0.39, 0.29) is 0 Å². The Balaban J connectivity index is 2.64. The summed E-state index contributed by atoms with van der Waals surface area (Å²) < 4.78 is 4.39. The van der Waals surface area contributed by atoms with Crippen LogP contribution in [-0.4, -0.2) is 57.4 Å². The molecule has 2 unspecified atom stereocenters. The molecule has 1 aliphatic rings. The molecule has 0 saturated carbocycles. The van der Waals surface area contributed by atoms with Gasteiger partial charge in [-0.1, -0.05) is 0 Å². The van der Waals surface area contributed by atoms with Crippen molar-refractivity contribution in [3.8, 4) is 0 Å². The van der Waals surface area contributed by atoms with Crippen LogP contribution in [0.5, 0.6) is 0 Å². The highest BCUT2D eigenvalue weighted by atomic mass is 16.6. The maximum atomic E-state index is 10.6. The zero-order valence-electron chi connectivity index (χ0n) is 6.12. The number of rotatable bonds is 2. The normalized spacial score (nSPS) is 38.0. The van der Waals surface area contributed by atoms with Gasteiger partial charge >= 0.3 is 5.97 Å². The Labute approximate surface area is 68.0 Å². The Morgan fingerprint density at radius 3 is 2.42 bits per heavy atom. The molecular weight excluding hydrogens is 168 g/mol. The van der Waals surface area contributed by atoms with Gasteiger partial charge in [0, 0.05) is 0 Å². The van der Waals surface area contributed by atoms with E-state index >= 15 is 0 Å². The summed E-state index contributed by atoms with van der Waals surface area (Å²) in [5.41, 5.74) is 0. The molecule has 0 amide bonds. The summed E-state index contributed by atoms with van der Waals surface area (Å²) in [6, 6.07) is 0. The highest BCUT2D eigenvalue weighted by molar-refractivity contribution is 5.77. The topological polar surface area (TPSA) is 107 Å². The Kier molecular flexibility index (Phi) is 2.63. The van der Waals surface area contributed by atoms with E-state index in [9.17, 15) is 4.79 Å². The highest BCUT2D eigenvalue weighted by Crippen LogP contribution is 2.18. The minimum atomic E-state index is -1.63. The zero-order valence-corrected chi connectivity index (χ0v) is 6.12. The van der Waals surface area contributed by atoms with Crippen LogP contribution in [0.25, 0.3) is 0 Å². The molecule has 1 aliphatic heterocycles. The van der Waals surface area contributed by atoms with Crippen LogP contribution in [0.1, 0.15) is 0 Å². The fraction of sp³-hybridized carbons (Fsp3) is 0.833. The third-order valence-corrected chi connectivity index (χ3v) is 1.72. The lowest BCUT2D eigenvalue weighted by Gasteiger charge is -2.17. The number of hydrogen-bond acceptors (Lipinski definition) is 6. The Morgan fingerprint density at radius 1 is 1.50 bits per heavy atom. The molecule has 12 heavy (non-hydrogen) atoms. The molecule has 0 radical (unpaired) electrons. The van der Waals surface area contributed by atoms with Gasteiger partial charge in [-0.2, -0.15) is 0 Å². The first-order valence-electron chi connectivity index (χ1n) is 3.43. The van der Waals surface area contributed by atoms with E-state index in [0.717, 1.165) is 0 Å². The van der Waals surface area contributed by atoms with Crippen LogP contribution in [0.4, 0.5) is 0 Å². The van der Waals surface area contributed by atoms with Gasteiger partial charge in [0.15, 0.2) is 12.2 Å². The molecule has 0 aliphatic carbocycles. The molecule has 6 nitrogen and oxygen atoms in total. The first kappa shape index (κ1) is 9.40. The molecule has 0 aromatic carbocycles. The maximum Gasteiger partial charge on any atom is 0.338 e. The van der Waals surface area contributed by atoms with Gasteiger partial charge in [0.25, 0.3) is 0 Å². The second-order valence-electron chi connectivity index (χ2n) is 2.59. The van der Waals surface area contributed by atoms with Gasteiger partial charge in [-0.25, -0.2) is 4.79 Å². The van der Waals surface area contributed by atoms with Crippen molar-refractivity contribution >= 4 is 5.97 Å². The molecule has 1 heterocycles. The standard InChI is InChI=1S/C6H10O6/c7-1-2(8)5-3(9)4(10)6(11)12-5/h2-5,7-10H,1H2/t2-,3+,4?,5?/m0/s1. The van der Waals surface area contributed by atoms with Crippen LogP contribution in [0, 0.1) is 0 Å². The SMILES string of the molecule is O=C1OC([C@@H](O)CO)[C@H](O)C1O. The van der Waals surface area contributed by atoms with Crippen molar-refractivity contribution < 1.29 is 30.0 Å². The second kappa shape index (κ2) is 3.36. The van der Waals surface area contributed by atoms with Gasteiger partial charge in [-0.15, -0.1) is 0 Å². The van der Waals surface area contributed by atoms with E-state index < -0.39 is 37.0 Å². The van der Waals surface area contributed by atoms with E-state index in [1.54, 1.807) is 0 Å². The summed E-state index contributed by atoms with van der Waals surface area (Å²) >= 11 is 0. The van der Waals surface area contributed by atoms with Crippen LogP contribution in [0.2, 0.25) is 0 Å². The van der Waals surface area contributed by atoms with Crippen molar-refractivity contribution in [2.45, 2.75) is 24.4 Å². The highest BCUT2D eigenvalue weighted by Gasteiger charge is 2.45. The van der Waals surface area contributed by atoms with Gasteiger partial charge in [0.05, 0.1) is 6.61 Å². The summed E-state index contributed by atoms with van der Waals surface area (Å²) in [7, 11) is 0. The summed E-state index contributed by atoms with van der Waals surface area (Å²) in [4.78, 5) is 10.6. The largest absolute Gasteiger partial charge is 0.455 e. The molecule has 6 heteroatoms. The van der Waals surface area contributed by atoms with Crippen molar-refractivity contribution in [3.63, 3.8) is 0 Å². The summed E-state index contributed by atoms with van der Waals surface area (Å²) in [6.45, 7) is -0.637. The predicted octanol–water partition coefficient (Wildman–Crippen LogP) is -3.01. The number of aliphatic hydroxyl groups is 4. The number of carbonyl (C=O) groups excluding carboxylic acids is 1. The van der Waals surface area contributed by atoms with Gasteiger partial charge < -0.3 is 25.2 Å². The van der Waals surface area contributed by atoms with E-state index in [2.05, 4.69) is 4.74 Å². The lowest BCUT2D eigenvalue weighted by Crippen LogP contribution is -2.40. The molecule has 4 atom stereocenters. The monoisotopic (exact) mass is 178 g/mol. The van der Waals surface area contributed by atoms with Crippen molar-refractivity contribution in [2.24, 2.45) is 0 Å². The quantitative estimate of drug-likeness (QED) is 0.335. The number of hydrogen-bond donors (Lipinski definition) is 4. The molecule has 70 valence electrons. The van der Waals surface area contributed by atoms with Gasteiger partial charge in [0.1, 0.15) is 12.2 Å². The number of esters is 1. The summed E-state index contributed by atoms with van der Waals surface area (Å²) in [6.07, 6.45) is -5.70. The average Bonchev–Trinajstić information content (AvgIpc) is 2.32. The van der Waals surface area contributed by atoms with Crippen LogP contribution in [0.3, 0.4) is 0 Å². The fourth-order valence-electron chi connectivity index (χ4n) is 1.00. The molecular formula is C6H10O6. The van der Waals surface area contributed by atoms with Gasteiger partial charge in [-0.3, -0.25) is 0 Å². The van der Waals surface area contributed by atoms with E-state index in [0.29, 0.717) is 0 Å². The first-order chi connectivity index (χ1) is 5.57. The van der Waals surface area contributed by atoms with Crippen LogP contribution in [-0.2, 0) is 9.53 Å². The van der Waals surface area contributed by atoms with E-state index in [1.165, 1.54) is 0 Å². The molecule has 0 spiro atoms. The van der Waals surface area contributed by atoms with Crippen LogP contribution < -0.4 is 0 Å². The summed E-state index contributed by atoms with van der Waals surface area (Å²) in [5.74, 6) is -0.986. The molecule has 1 fully saturated rings. The minimum absolute atomic E-state index is 0.637. The van der Waals surface area contributed by atoms with E-state index in [1.807, 2.05) is 0 Å². The molecule has 1 saturated heterocycles. The van der Waals surface area contributed by atoms with Crippen LogP contribution in [0.15, 0.2) is 0 Å². The second-order valence-corrected chi connectivity index (χ2v) is 2.59. The first-order valence-corrected chi connectivity index (χ1v) is 3.43. The van der Waals surface area contributed by atoms with Crippen molar-refractivity contribution in [1.29, 1.82) is 0 Å². The Hall–Kier alpha value is -0.690. The lowest BCUT2D eigenvalue weighted by atomic mass is 10.1. The third kappa shape index (κ3) is 1.42. The van der Waals surface area contributed by atoms with Crippen molar-refractivity contribution in [1.82, 2.24) is 0 Å². The van der Waals surface area contributed by atoms with E-state index in [4.69, 9.17) is 20.4 Å². The third-order valence-electron chi connectivity index (χ3n) is 1.72. The number of cyclic esters (lactones) is 1. The fourth-order valence-corrected chi connectivity index (χ4v) is 1.00. The predicted molar refractivity (Wildman–Crippen MR) is 35.0 cm³/mol. The molecule has 0 aromatic heterocycles. The number of aliphatic hydroxyl groups excluding tert-OH is 4. The average molecular weight is 178 g/mol. The molecule has 4 N–H and O–H groups in total. The van der Waals surface area contributed by atoms with Crippen molar-refractivity contribution in [3.05, 3.63) is 0 Å². The molecule has 0 aromatic rings. The van der Waals surface area contributed by atoms with Gasteiger partial charge in [-0.05, 0) is 0 Å². The lowest BCUT2D eigenvalue weighted by molar-refractivity contribution is -0.151. The summed E-state index contributed by atoms with van der Waals surface area (Å²) in [5, 5.41) is 35.3. The Morgan fingerprint density at radius 2 is 2.08 bits per heavy atom. The Bertz CT molecular complexity index is 181.